The number of ketones is 1. The molecule has 0 aromatic heterocycles. The van der Waals surface area contributed by atoms with Gasteiger partial charge < -0.3 is 4.90 Å². The van der Waals surface area contributed by atoms with Gasteiger partial charge in [0.1, 0.15) is 12.0 Å². The molecule has 0 aromatic rings. The maximum absolute atomic E-state index is 11.7. The fraction of sp³-hybridized carbons (Fsp3) is 0.600. The molecular formula is C10H13NO2. The average molecular weight is 179 g/mol. The van der Waals surface area contributed by atoms with Crippen molar-refractivity contribution in [1.82, 2.24) is 4.90 Å². The van der Waals surface area contributed by atoms with Crippen LogP contribution in [0.2, 0.25) is 0 Å². The zero-order valence-corrected chi connectivity index (χ0v) is 7.86. The Kier molecular flexibility index (Phi) is 1.75. The van der Waals surface area contributed by atoms with E-state index in [-0.39, 0.29) is 29.7 Å². The van der Waals surface area contributed by atoms with Gasteiger partial charge in [-0.25, -0.2) is 0 Å². The van der Waals surface area contributed by atoms with E-state index < -0.39 is 0 Å². The Morgan fingerprint density at radius 1 is 1.46 bits per heavy atom. The van der Waals surface area contributed by atoms with Crippen LogP contribution in [0, 0.1) is 5.92 Å². The van der Waals surface area contributed by atoms with Crippen molar-refractivity contribution >= 4 is 11.7 Å². The Balaban J connectivity index is 2.38. The lowest BCUT2D eigenvalue weighted by atomic mass is 9.94. The van der Waals surface area contributed by atoms with Gasteiger partial charge in [0, 0.05) is 6.04 Å². The molecule has 0 N–H and O–H groups in total. The van der Waals surface area contributed by atoms with Gasteiger partial charge in [-0.1, -0.05) is 12.2 Å². The molecule has 1 amide bonds. The summed E-state index contributed by atoms with van der Waals surface area (Å²) in [6.45, 7) is 3.89. The largest absolute Gasteiger partial charge is 0.326 e. The Hall–Kier alpha value is -1.12. The van der Waals surface area contributed by atoms with E-state index in [1.165, 1.54) is 0 Å². The van der Waals surface area contributed by atoms with Crippen LogP contribution in [0.5, 0.6) is 0 Å². The van der Waals surface area contributed by atoms with Crippen molar-refractivity contribution in [3.05, 3.63) is 12.2 Å². The van der Waals surface area contributed by atoms with Crippen LogP contribution < -0.4 is 0 Å². The minimum atomic E-state index is -0.377. The monoisotopic (exact) mass is 179 g/mol. The van der Waals surface area contributed by atoms with Crippen molar-refractivity contribution in [3.8, 4) is 0 Å². The molecule has 1 fully saturated rings. The van der Waals surface area contributed by atoms with Gasteiger partial charge in [-0.05, 0) is 20.3 Å². The van der Waals surface area contributed by atoms with Gasteiger partial charge in [0.25, 0.3) is 0 Å². The molecule has 2 bridgehead atoms. The summed E-state index contributed by atoms with van der Waals surface area (Å²) >= 11 is 0. The molecule has 2 rings (SSSR count). The number of amides is 1. The molecule has 3 nitrogen and oxygen atoms in total. The summed E-state index contributed by atoms with van der Waals surface area (Å²) in [4.78, 5) is 25.0. The summed E-state index contributed by atoms with van der Waals surface area (Å²) < 4.78 is 0. The van der Waals surface area contributed by atoms with Crippen LogP contribution in [0.3, 0.4) is 0 Å². The summed E-state index contributed by atoms with van der Waals surface area (Å²) in [6, 6.07) is -0.152. The lowest BCUT2D eigenvalue weighted by molar-refractivity contribution is -0.133. The Morgan fingerprint density at radius 3 is 2.69 bits per heavy atom. The van der Waals surface area contributed by atoms with E-state index in [0.29, 0.717) is 6.42 Å². The molecule has 1 aliphatic carbocycles. The number of hydrogen-bond acceptors (Lipinski definition) is 2. The number of carbonyl (C=O) groups excluding carboxylic acids is 2. The van der Waals surface area contributed by atoms with Gasteiger partial charge in [-0.3, -0.25) is 9.59 Å². The molecule has 0 spiro atoms. The second-order valence-corrected chi connectivity index (χ2v) is 3.90. The standard InChI is InChI=1S/C10H13NO2/c1-6(2)11-8-5-3-4-7(9(8)12)10(11)13/h3,5-8H,4H2,1-2H3/t7-,8+/m0/s1. The molecule has 1 saturated heterocycles. The zero-order valence-electron chi connectivity index (χ0n) is 7.86. The lowest BCUT2D eigenvalue weighted by Gasteiger charge is -2.24. The Bertz CT molecular complexity index is 293. The van der Waals surface area contributed by atoms with Gasteiger partial charge in [0.2, 0.25) is 5.91 Å². The lowest BCUT2D eigenvalue weighted by Crippen LogP contribution is -2.39. The number of allylic oxidation sites excluding steroid dienone is 1. The van der Waals surface area contributed by atoms with Crippen LogP contribution in [-0.2, 0) is 9.59 Å². The predicted molar refractivity (Wildman–Crippen MR) is 48.0 cm³/mol. The van der Waals surface area contributed by atoms with Gasteiger partial charge >= 0.3 is 0 Å². The summed E-state index contributed by atoms with van der Waals surface area (Å²) in [6.07, 6.45) is 4.39. The van der Waals surface area contributed by atoms with E-state index in [9.17, 15) is 9.59 Å². The third kappa shape index (κ3) is 1.03. The molecular weight excluding hydrogens is 166 g/mol. The second-order valence-electron chi connectivity index (χ2n) is 3.90. The van der Waals surface area contributed by atoms with Crippen LogP contribution in [-0.4, -0.2) is 28.7 Å². The highest BCUT2D eigenvalue weighted by Gasteiger charge is 2.47. The number of Topliss-reactive ketones (excluding diaryl/α,β-unsaturated/α-hetero) is 1. The number of carbonyl (C=O) groups is 2. The number of hydrogen-bond donors (Lipinski definition) is 0. The Morgan fingerprint density at radius 2 is 2.15 bits per heavy atom. The fourth-order valence-corrected chi connectivity index (χ4v) is 2.11. The van der Waals surface area contributed by atoms with Crippen LogP contribution in [0.15, 0.2) is 12.2 Å². The third-order valence-electron chi connectivity index (χ3n) is 2.73. The molecule has 0 radical (unpaired) electrons. The van der Waals surface area contributed by atoms with Crippen molar-refractivity contribution in [3.63, 3.8) is 0 Å². The second kappa shape index (κ2) is 2.69. The minimum Gasteiger partial charge on any atom is -0.326 e. The smallest absolute Gasteiger partial charge is 0.234 e. The highest BCUT2D eigenvalue weighted by Crippen LogP contribution is 2.30. The van der Waals surface area contributed by atoms with E-state index in [2.05, 4.69) is 0 Å². The van der Waals surface area contributed by atoms with Crippen LogP contribution in [0.1, 0.15) is 20.3 Å². The number of nitrogens with zero attached hydrogens (tertiary/aromatic N) is 1. The first-order valence-electron chi connectivity index (χ1n) is 4.65. The average Bonchev–Trinajstić information content (AvgIpc) is 2.24. The summed E-state index contributed by atoms with van der Waals surface area (Å²) in [7, 11) is 0. The molecule has 2 atom stereocenters. The summed E-state index contributed by atoms with van der Waals surface area (Å²) in [5.41, 5.74) is 0. The SMILES string of the molecule is CC(C)N1C(=O)[C@H]2CC=C[C@@H]1C2=O. The molecule has 1 aliphatic heterocycles. The summed E-state index contributed by atoms with van der Waals surface area (Å²) in [5.74, 6) is -0.284. The van der Waals surface area contributed by atoms with Gasteiger partial charge in [0.15, 0.2) is 5.78 Å². The van der Waals surface area contributed by atoms with Gasteiger partial charge in [0.05, 0.1) is 0 Å². The van der Waals surface area contributed by atoms with Gasteiger partial charge in [-0.15, -0.1) is 0 Å². The van der Waals surface area contributed by atoms with Crippen LogP contribution in [0.4, 0.5) is 0 Å². The molecule has 70 valence electrons. The van der Waals surface area contributed by atoms with E-state index in [1.54, 1.807) is 4.90 Å². The fourth-order valence-electron chi connectivity index (χ4n) is 2.11. The first kappa shape index (κ1) is 8.48. The molecule has 2 aliphatic rings. The van der Waals surface area contributed by atoms with Crippen molar-refractivity contribution in [2.45, 2.75) is 32.4 Å². The van der Waals surface area contributed by atoms with E-state index in [0.717, 1.165) is 0 Å². The molecule has 0 saturated carbocycles. The van der Waals surface area contributed by atoms with E-state index in [4.69, 9.17) is 0 Å². The normalized spacial score (nSPS) is 32.1. The number of rotatable bonds is 1. The number of likely N-dealkylation sites (tertiary alicyclic amines) is 1. The molecule has 13 heavy (non-hydrogen) atoms. The number of fused-ring (bicyclic) bond motifs is 2. The van der Waals surface area contributed by atoms with Crippen molar-refractivity contribution < 1.29 is 9.59 Å². The van der Waals surface area contributed by atoms with Crippen LogP contribution >= 0.6 is 0 Å². The van der Waals surface area contributed by atoms with Crippen molar-refractivity contribution in [2.75, 3.05) is 0 Å². The first-order chi connectivity index (χ1) is 6.13. The highest BCUT2D eigenvalue weighted by molar-refractivity contribution is 6.12. The minimum absolute atomic E-state index is 0.00926. The van der Waals surface area contributed by atoms with Crippen molar-refractivity contribution in [1.29, 1.82) is 0 Å². The van der Waals surface area contributed by atoms with Crippen molar-refractivity contribution in [2.24, 2.45) is 5.92 Å². The van der Waals surface area contributed by atoms with E-state index >= 15 is 0 Å². The maximum atomic E-state index is 11.7. The molecule has 0 unspecified atom stereocenters. The summed E-state index contributed by atoms with van der Waals surface area (Å²) in [5, 5.41) is 0. The maximum Gasteiger partial charge on any atom is 0.234 e. The van der Waals surface area contributed by atoms with Crippen LogP contribution in [0.25, 0.3) is 0 Å². The molecule has 3 heteroatoms. The first-order valence-corrected chi connectivity index (χ1v) is 4.65. The topological polar surface area (TPSA) is 37.4 Å². The highest BCUT2D eigenvalue weighted by atomic mass is 16.2. The third-order valence-corrected chi connectivity index (χ3v) is 2.73. The quantitative estimate of drug-likeness (QED) is 0.440. The van der Waals surface area contributed by atoms with Gasteiger partial charge in [-0.2, -0.15) is 0 Å². The predicted octanol–water partition coefficient (Wildman–Crippen LogP) is 0.751. The van der Waals surface area contributed by atoms with E-state index in [1.807, 2.05) is 26.0 Å². The molecule has 0 aromatic carbocycles. The molecule has 1 heterocycles. The Labute approximate surface area is 77.4 Å². The zero-order chi connectivity index (χ0) is 9.59.